The minimum Gasteiger partial charge on any atom is -0.0808 e. The van der Waals surface area contributed by atoms with E-state index in [2.05, 4.69) is 91.8 Å². The summed E-state index contributed by atoms with van der Waals surface area (Å²) in [5.74, 6) is 3.10. The monoisotopic (exact) mass is 350 g/mol. The fourth-order valence-corrected chi connectivity index (χ4v) is 4.62. The summed E-state index contributed by atoms with van der Waals surface area (Å²) in [6.45, 7) is 18.8. The second-order valence-corrected chi connectivity index (χ2v) is 11.1. The summed E-state index contributed by atoms with van der Waals surface area (Å²) in [5, 5.41) is 0. The molecule has 0 amide bonds. The molecular formula is C26H38. The van der Waals surface area contributed by atoms with E-state index in [1.54, 1.807) is 5.57 Å². The highest BCUT2D eigenvalue weighted by Crippen LogP contribution is 2.49. The molecule has 0 nitrogen and oxygen atoms in total. The van der Waals surface area contributed by atoms with Crippen LogP contribution in [0.15, 0.2) is 36.4 Å². The summed E-state index contributed by atoms with van der Waals surface area (Å²) in [6.07, 6.45) is 9.90. The molecule has 0 aliphatic heterocycles. The van der Waals surface area contributed by atoms with Crippen LogP contribution in [0.5, 0.6) is 0 Å². The quantitative estimate of drug-likeness (QED) is 0.517. The molecule has 3 rings (SSSR count). The van der Waals surface area contributed by atoms with E-state index in [4.69, 9.17) is 0 Å². The second kappa shape index (κ2) is 6.70. The van der Waals surface area contributed by atoms with Gasteiger partial charge < -0.3 is 0 Å². The van der Waals surface area contributed by atoms with Crippen molar-refractivity contribution in [3.05, 3.63) is 53.1 Å². The van der Waals surface area contributed by atoms with Gasteiger partial charge in [0.05, 0.1) is 0 Å². The summed E-state index contributed by atoms with van der Waals surface area (Å²) in [4.78, 5) is 0. The predicted octanol–water partition coefficient (Wildman–Crippen LogP) is 7.53. The van der Waals surface area contributed by atoms with Crippen molar-refractivity contribution in [2.45, 2.75) is 79.1 Å². The minimum absolute atomic E-state index is 0.177. The lowest BCUT2D eigenvalue weighted by molar-refractivity contribution is 0.386. The number of fused-ring (bicyclic) bond motifs is 1. The molecule has 1 fully saturated rings. The number of rotatable bonds is 2. The fraction of sp³-hybridized carbons (Fsp3) is 0.615. The van der Waals surface area contributed by atoms with Gasteiger partial charge in [-0.1, -0.05) is 91.8 Å². The Morgan fingerprint density at radius 3 is 1.92 bits per heavy atom. The molecule has 1 aromatic carbocycles. The fourth-order valence-electron chi connectivity index (χ4n) is 4.62. The van der Waals surface area contributed by atoms with Gasteiger partial charge >= 0.3 is 0 Å². The zero-order valence-corrected chi connectivity index (χ0v) is 18.2. The molecule has 3 unspecified atom stereocenters. The van der Waals surface area contributed by atoms with Crippen molar-refractivity contribution in [3.63, 3.8) is 0 Å². The van der Waals surface area contributed by atoms with E-state index in [0.29, 0.717) is 5.92 Å². The van der Waals surface area contributed by atoms with Crippen molar-refractivity contribution >= 4 is 5.57 Å². The zero-order valence-electron chi connectivity index (χ0n) is 18.2. The van der Waals surface area contributed by atoms with Crippen molar-refractivity contribution in [1.82, 2.24) is 0 Å². The summed E-state index contributed by atoms with van der Waals surface area (Å²) in [6, 6.07) is 7.38. The first-order valence-corrected chi connectivity index (χ1v) is 10.5. The molecule has 142 valence electrons. The molecule has 0 bridgehead atoms. The Balaban J connectivity index is 2.05. The van der Waals surface area contributed by atoms with Crippen LogP contribution in [0.25, 0.3) is 5.57 Å². The van der Waals surface area contributed by atoms with Gasteiger partial charge in [0.25, 0.3) is 0 Å². The van der Waals surface area contributed by atoms with Crippen LogP contribution in [0.2, 0.25) is 0 Å². The average molecular weight is 351 g/mol. The third-order valence-corrected chi connectivity index (χ3v) is 6.62. The lowest BCUT2D eigenvalue weighted by atomic mass is 9.75. The van der Waals surface area contributed by atoms with Crippen LogP contribution in [0.1, 0.15) is 84.9 Å². The molecule has 2 aliphatic rings. The SMILES string of the molecule is CC(C)C1CC2C=CC=C(c3cc(C(C)(C)C)cc(C(C)(C)C)c3)C2C1. The molecular weight excluding hydrogens is 312 g/mol. The van der Waals surface area contributed by atoms with Gasteiger partial charge in [0, 0.05) is 0 Å². The van der Waals surface area contributed by atoms with Gasteiger partial charge in [0.1, 0.15) is 0 Å². The van der Waals surface area contributed by atoms with Crippen molar-refractivity contribution in [3.8, 4) is 0 Å². The molecule has 2 aliphatic carbocycles. The molecule has 1 saturated carbocycles. The molecule has 0 N–H and O–H groups in total. The topological polar surface area (TPSA) is 0 Å². The molecule has 0 heterocycles. The molecule has 26 heavy (non-hydrogen) atoms. The van der Waals surface area contributed by atoms with Crippen LogP contribution in [0.4, 0.5) is 0 Å². The van der Waals surface area contributed by atoms with E-state index in [1.165, 1.54) is 29.5 Å². The summed E-state index contributed by atoms with van der Waals surface area (Å²) in [7, 11) is 0. The maximum absolute atomic E-state index is 2.47. The van der Waals surface area contributed by atoms with Crippen LogP contribution in [0.3, 0.4) is 0 Å². The lowest BCUT2D eigenvalue weighted by Crippen LogP contribution is -2.18. The summed E-state index contributed by atoms with van der Waals surface area (Å²) >= 11 is 0. The van der Waals surface area contributed by atoms with E-state index >= 15 is 0 Å². The first kappa shape index (κ1) is 19.5. The Kier molecular flexibility index (Phi) is 5.01. The van der Waals surface area contributed by atoms with Gasteiger partial charge in [-0.2, -0.15) is 0 Å². The van der Waals surface area contributed by atoms with E-state index in [-0.39, 0.29) is 10.8 Å². The maximum Gasteiger partial charge on any atom is -0.00901 e. The van der Waals surface area contributed by atoms with Crippen LogP contribution in [-0.4, -0.2) is 0 Å². The third kappa shape index (κ3) is 3.85. The van der Waals surface area contributed by atoms with Gasteiger partial charge in [-0.05, 0) is 69.6 Å². The first-order valence-electron chi connectivity index (χ1n) is 10.5. The van der Waals surface area contributed by atoms with E-state index in [9.17, 15) is 0 Å². The maximum atomic E-state index is 2.47. The molecule has 0 saturated heterocycles. The third-order valence-electron chi connectivity index (χ3n) is 6.62. The van der Waals surface area contributed by atoms with E-state index in [1.807, 2.05) is 0 Å². The van der Waals surface area contributed by atoms with Crippen molar-refractivity contribution in [2.75, 3.05) is 0 Å². The molecule has 0 spiro atoms. The van der Waals surface area contributed by atoms with Gasteiger partial charge in [-0.3, -0.25) is 0 Å². The van der Waals surface area contributed by atoms with Crippen LogP contribution < -0.4 is 0 Å². The van der Waals surface area contributed by atoms with Crippen LogP contribution in [-0.2, 0) is 10.8 Å². The number of hydrogen-bond donors (Lipinski definition) is 0. The Morgan fingerprint density at radius 1 is 0.846 bits per heavy atom. The molecule has 0 radical (unpaired) electrons. The van der Waals surface area contributed by atoms with E-state index < -0.39 is 0 Å². The smallest absolute Gasteiger partial charge is 0.00901 e. The van der Waals surface area contributed by atoms with Crippen molar-refractivity contribution < 1.29 is 0 Å². The number of hydrogen-bond acceptors (Lipinski definition) is 0. The number of allylic oxidation sites excluding steroid dienone is 4. The summed E-state index contributed by atoms with van der Waals surface area (Å²) < 4.78 is 0. The van der Waals surface area contributed by atoms with Crippen LogP contribution >= 0.6 is 0 Å². The normalized spacial score (nSPS) is 26.2. The highest BCUT2D eigenvalue weighted by Gasteiger charge is 2.37. The highest BCUT2D eigenvalue weighted by atomic mass is 14.4. The van der Waals surface area contributed by atoms with Gasteiger partial charge in [-0.25, -0.2) is 0 Å². The summed E-state index contributed by atoms with van der Waals surface area (Å²) in [5.41, 5.74) is 6.33. The van der Waals surface area contributed by atoms with Gasteiger partial charge in [-0.15, -0.1) is 0 Å². The predicted molar refractivity (Wildman–Crippen MR) is 116 cm³/mol. The highest BCUT2D eigenvalue weighted by molar-refractivity contribution is 5.72. The lowest BCUT2D eigenvalue weighted by Gasteiger charge is -2.29. The van der Waals surface area contributed by atoms with Crippen molar-refractivity contribution in [1.29, 1.82) is 0 Å². The van der Waals surface area contributed by atoms with Gasteiger partial charge in [0.2, 0.25) is 0 Å². The van der Waals surface area contributed by atoms with Crippen molar-refractivity contribution in [2.24, 2.45) is 23.7 Å². The largest absolute Gasteiger partial charge is 0.0808 e. The van der Waals surface area contributed by atoms with E-state index in [0.717, 1.165) is 17.8 Å². The Labute approximate surface area is 161 Å². The minimum atomic E-state index is 0.177. The second-order valence-electron chi connectivity index (χ2n) is 11.1. The molecule has 0 heteroatoms. The first-order chi connectivity index (χ1) is 12.0. The molecule has 0 aromatic heterocycles. The Hall–Kier alpha value is -1.30. The zero-order chi connectivity index (χ0) is 19.3. The van der Waals surface area contributed by atoms with Gasteiger partial charge in [0.15, 0.2) is 0 Å². The molecule has 3 atom stereocenters. The van der Waals surface area contributed by atoms with Crippen LogP contribution in [0, 0.1) is 23.7 Å². The Morgan fingerprint density at radius 2 is 1.42 bits per heavy atom. The Bertz CT molecular complexity index is 683. The molecule has 1 aromatic rings. The average Bonchev–Trinajstić information content (AvgIpc) is 2.97. The standard InChI is InChI=1S/C26H38/c1-17(2)19-12-18-10-9-11-23(24(18)15-19)20-13-21(25(3,4)5)16-22(14-20)26(6,7)8/h9-11,13-14,16-19,24H,12,15H2,1-8H3. The number of benzene rings is 1.